The number of nitrogens with one attached hydrogen (secondary N) is 1. The summed E-state index contributed by atoms with van der Waals surface area (Å²) < 4.78 is 3.54. The van der Waals surface area contributed by atoms with Gasteiger partial charge >= 0.3 is 6.03 Å². The predicted molar refractivity (Wildman–Crippen MR) is 90.5 cm³/mol. The predicted octanol–water partition coefficient (Wildman–Crippen LogP) is 1.95. The second-order valence-electron chi connectivity index (χ2n) is 5.59. The fourth-order valence-electron chi connectivity index (χ4n) is 2.39. The summed E-state index contributed by atoms with van der Waals surface area (Å²) in [5, 5.41) is 11.3. The van der Waals surface area contributed by atoms with Crippen LogP contribution in [0.1, 0.15) is 11.3 Å². The first-order chi connectivity index (χ1) is 11.6. The van der Waals surface area contributed by atoms with Crippen LogP contribution in [0.3, 0.4) is 0 Å². The van der Waals surface area contributed by atoms with Gasteiger partial charge in [-0.2, -0.15) is 10.2 Å². The average molecular weight is 324 g/mol. The van der Waals surface area contributed by atoms with E-state index in [2.05, 4.69) is 15.5 Å². The van der Waals surface area contributed by atoms with Crippen molar-refractivity contribution < 1.29 is 4.79 Å². The molecule has 2 heterocycles. The van der Waals surface area contributed by atoms with Crippen LogP contribution in [0.5, 0.6) is 0 Å². The minimum atomic E-state index is -0.135. The van der Waals surface area contributed by atoms with Gasteiger partial charge in [-0.1, -0.05) is 18.2 Å². The third kappa shape index (κ3) is 3.62. The van der Waals surface area contributed by atoms with E-state index in [9.17, 15) is 4.79 Å². The van der Waals surface area contributed by atoms with Gasteiger partial charge < -0.3 is 10.2 Å². The molecule has 7 heteroatoms. The summed E-state index contributed by atoms with van der Waals surface area (Å²) in [5.41, 5.74) is 2.91. The van der Waals surface area contributed by atoms with Crippen LogP contribution in [0.15, 0.2) is 55.0 Å². The van der Waals surface area contributed by atoms with E-state index < -0.39 is 0 Å². The SMILES string of the molecule is CN(Cc1cnn(-c2ccccc2)c1)C(=O)NCc1ccnn1C. The summed E-state index contributed by atoms with van der Waals surface area (Å²) in [6.45, 7) is 0.938. The molecule has 3 rings (SSSR count). The number of nitrogens with zero attached hydrogens (tertiary/aromatic N) is 5. The summed E-state index contributed by atoms with van der Waals surface area (Å²) in [4.78, 5) is 13.8. The number of aromatic nitrogens is 4. The monoisotopic (exact) mass is 324 g/mol. The molecule has 2 aromatic heterocycles. The van der Waals surface area contributed by atoms with E-state index in [1.807, 2.05) is 49.6 Å². The molecule has 0 radical (unpaired) electrons. The summed E-state index contributed by atoms with van der Waals surface area (Å²) in [6.07, 6.45) is 5.42. The number of carbonyl (C=O) groups is 1. The fourth-order valence-corrected chi connectivity index (χ4v) is 2.39. The van der Waals surface area contributed by atoms with Gasteiger partial charge in [0.2, 0.25) is 0 Å². The van der Waals surface area contributed by atoms with Crippen LogP contribution in [0.2, 0.25) is 0 Å². The van der Waals surface area contributed by atoms with E-state index >= 15 is 0 Å². The summed E-state index contributed by atoms with van der Waals surface area (Å²) in [5.74, 6) is 0. The third-order valence-corrected chi connectivity index (χ3v) is 3.77. The van der Waals surface area contributed by atoms with Crippen LogP contribution in [-0.4, -0.2) is 37.5 Å². The Hall–Kier alpha value is -3.09. The van der Waals surface area contributed by atoms with E-state index in [0.29, 0.717) is 13.1 Å². The van der Waals surface area contributed by atoms with E-state index in [4.69, 9.17) is 0 Å². The van der Waals surface area contributed by atoms with Gasteiger partial charge in [0.1, 0.15) is 0 Å². The molecule has 0 aliphatic rings. The van der Waals surface area contributed by atoms with Crippen LogP contribution < -0.4 is 5.32 Å². The van der Waals surface area contributed by atoms with Crippen molar-refractivity contribution in [1.29, 1.82) is 0 Å². The number of hydrogen-bond acceptors (Lipinski definition) is 3. The average Bonchev–Trinajstić information content (AvgIpc) is 3.22. The largest absolute Gasteiger partial charge is 0.332 e. The van der Waals surface area contributed by atoms with Crippen molar-refractivity contribution >= 4 is 6.03 Å². The molecule has 3 aromatic rings. The highest BCUT2D eigenvalue weighted by Crippen LogP contribution is 2.09. The quantitative estimate of drug-likeness (QED) is 0.780. The maximum atomic E-state index is 12.2. The van der Waals surface area contributed by atoms with E-state index in [1.54, 1.807) is 33.7 Å². The minimum absolute atomic E-state index is 0.135. The summed E-state index contributed by atoms with van der Waals surface area (Å²) >= 11 is 0. The normalized spacial score (nSPS) is 10.6. The van der Waals surface area contributed by atoms with Crippen molar-refractivity contribution in [2.24, 2.45) is 7.05 Å². The first kappa shape index (κ1) is 15.8. The lowest BCUT2D eigenvalue weighted by atomic mass is 10.3. The van der Waals surface area contributed by atoms with Crippen molar-refractivity contribution in [3.63, 3.8) is 0 Å². The van der Waals surface area contributed by atoms with Crippen LogP contribution in [0.25, 0.3) is 5.69 Å². The smallest absolute Gasteiger partial charge is 0.317 e. The summed E-state index contributed by atoms with van der Waals surface area (Å²) in [7, 11) is 3.61. The van der Waals surface area contributed by atoms with E-state index in [0.717, 1.165) is 16.9 Å². The number of amides is 2. The number of para-hydroxylation sites is 1. The number of carbonyl (C=O) groups excluding carboxylic acids is 1. The molecule has 24 heavy (non-hydrogen) atoms. The Bertz CT molecular complexity index is 807. The second-order valence-corrected chi connectivity index (χ2v) is 5.59. The van der Waals surface area contributed by atoms with Crippen molar-refractivity contribution in [3.05, 3.63) is 66.2 Å². The second kappa shape index (κ2) is 6.99. The van der Waals surface area contributed by atoms with Crippen molar-refractivity contribution in [2.75, 3.05) is 7.05 Å². The van der Waals surface area contributed by atoms with Crippen LogP contribution in [0, 0.1) is 0 Å². The molecule has 124 valence electrons. The zero-order valence-corrected chi connectivity index (χ0v) is 13.8. The molecule has 0 bridgehead atoms. The number of hydrogen-bond donors (Lipinski definition) is 1. The van der Waals surface area contributed by atoms with Gasteiger partial charge in [0.25, 0.3) is 0 Å². The molecule has 0 aliphatic carbocycles. The van der Waals surface area contributed by atoms with E-state index in [-0.39, 0.29) is 6.03 Å². The molecule has 0 saturated heterocycles. The van der Waals surface area contributed by atoms with Gasteiger partial charge in [-0.25, -0.2) is 9.48 Å². The summed E-state index contributed by atoms with van der Waals surface area (Å²) in [6, 6.07) is 11.6. The van der Waals surface area contributed by atoms with E-state index in [1.165, 1.54) is 0 Å². The molecule has 0 saturated carbocycles. The van der Waals surface area contributed by atoms with Crippen LogP contribution in [0.4, 0.5) is 4.79 Å². The van der Waals surface area contributed by atoms with Crippen LogP contribution in [-0.2, 0) is 20.1 Å². The van der Waals surface area contributed by atoms with Gasteiger partial charge in [0, 0.05) is 32.1 Å². The van der Waals surface area contributed by atoms with Crippen molar-refractivity contribution in [2.45, 2.75) is 13.1 Å². The molecule has 0 atom stereocenters. The zero-order chi connectivity index (χ0) is 16.9. The first-order valence-electron chi connectivity index (χ1n) is 7.68. The van der Waals surface area contributed by atoms with Gasteiger partial charge in [0.15, 0.2) is 0 Å². The Morgan fingerprint density at radius 1 is 1.21 bits per heavy atom. The lowest BCUT2D eigenvalue weighted by Crippen LogP contribution is -2.36. The van der Waals surface area contributed by atoms with Gasteiger partial charge in [-0.3, -0.25) is 4.68 Å². The molecule has 7 nitrogen and oxygen atoms in total. The number of urea groups is 1. The first-order valence-corrected chi connectivity index (χ1v) is 7.68. The van der Waals surface area contributed by atoms with Crippen molar-refractivity contribution in [3.8, 4) is 5.69 Å². The third-order valence-electron chi connectivity index (χ3n) is 3.77. The highest BCUT2D eigenvalue weighted by Gasteiger charge is 2.11. The highest BCUT2D eigenvalue weighted by atomic mass is 16.2. The number of aryl methyl sites for hydroxylation is 1. The lowest BCUT2D eigenvalue weighted by Gasteiger charge is -2.17. The van der Waals surface area contributed by atoms with Gasteiger partial charge in [-0.05, 0) is 18.2 Å². The molecule has 0 spiro atoms. The maximum Gasteiger partial charge on any atom is 0.317 e. The molecule has 2 amide bonds. The fraction of sp³-hybridized carbons (Fsp3) is 0.235. The number of benzene rings is 1. The standard InChI is InChI=1S/C17H20N6O/c1-21(17(24)18-11-16-8-9-19-22(16)2)12-14-10-20-23(13-14)15-6-4-3-5-7-15/h3-10,13H,11-12H2,1-2H3,(H,18,24). The zero-order valence-electron chi connectivity index (χ0n) is 13.8. The minimum Gasteiger partial charge on any atom is -0.332 e. The highest BCUT2D eigenvalue weighted by molar-refractivity contribution is 5.73. The Morgan fingerprint density at radius 2 is 2.00 bits per heavy atom. The molecular formula is C17H20N6O. The van der Waals surface area contributed by atoms with Crippen LogP contribution >= 0.6 is 0 Å². The number of rotatable bonds is 5. The Labute approximate surface area is 140 Å². The molecular weight excluding hydrogens is 304 g/mol. The molecule has 1 N–H and O–H groups in total. The topological polar surface area (TPSA) is 68.0 Å². The van der Waals surface area contributed by atoms with Gasteiger partial charge in [0.05, 0.1) is 30.7 Å². The maximum absolute atomic E-state index is 12.2. The molecule has 0 unspecified atom stereocenters. The van der Waals surface area contributed by atoms with Crippen molar-refractivity contribution in [1.82, 2.24) is 29.8 Å². The molecule has 1 aromatic carbocycles. The lowest BCUT2D eigenvalue weighted by molar-refractivity contribution is 0.206. The van der Waals surface area contributed by atoms with Gasteiger partial charge in [-0.15, -0.1) is 0 Å². The Morgan fingerprint density at radius 3 is 2.71 bits per heavy atom. The Balaban J connectivity index is 1.56. The molecule has 0 fully saturated rings. The molecule has 0 aliphatic heterocycles. The Kier molecular flexibility index (Phi) is 4.60.